The summed E-state index contributed by atoms with van der Waals surface area (Å²) in [6.45, 7) is 1.97. The molecule has 33 heavy (non-hydrogen) atoms. The van der Waals surface area contributed by atoms with Crippen LogP contribution in [-0.2, 0) is 0 Å². The molecule has 2 aromatic heterocycles. The van der Waals surface area contributed by atoms with Gasteiger partial charge in [-0.05, 0) is 29.7 Å². The van der Waals surface area contributed by atoms with E-state index in [1.807, 2.05) is 85.8 Å². The minimum atomic E-state index is -0.188. The van der Waals surface area contributed by atoms with Gasteiger partial charge in [0.1, 0.15) is 9.71 Å². The van der Waals surface area contributed by atoms with E-state index in [0.717, 1.165) is 38.2 Å². The highest BCUT2D eigenvalue weighted by molar-refractivity contribution is 7.21. The number of fused-ring (bicyclic) bond motifs is 1. The Labute approximate surface area is 196 Å². The second-order valence-electron chi connectivity index (χ2n) is 7.92. The molecule has 0 aliphatic carbocycles. The normalized spacial score (nSPS) is 11.9. The molecule has 2 heterocycles. The fourth-order valence-electron chi connectivity index (χ4n) is 3.98. The summed E-state index contributed by atoms with van der Waals surface area (Å²) in [5, 5.41) is 3.91. The molecule has 0 radical (unpaired) electrons. The Bertz CT molecular complexity index is 1410. The number of pyridine rings is 1. The molecule has 0 spiro atoms. The summed E-state index contributed by atoms with van der Waals surface area (Å²) in [6, 6.07) is 32.0. The van der Waals surface area contributed by atoms with Crippen LogP contribution in [-0.4, -0.2) is 10.9 Å². The van der Waals surface area contributed by atoms with Crippen LogP contribution in [0.3, 0.4) is 0 Å². The number of nitrogens with two attached hydrogens (primary N) is 1. The van der Waals surface area contributed by atoms with Crippen molar-refractivity contribution in [3.05, 3.63) is 108 Å². The number of anilines is 1. The van der Waals surface area contributed by atoms with Crippen LogP contribution in [0.1, 0.15) is 28.2 Å². The average molecular weight is 450 g/mol. The van der Waals surface area contributed by atoms with Crippen LogP contribution in [0.5, 0.6) is 0 Å². The third-order valence-electron chi connectivity index (χ3n) is 5.71. The summed E-state index contributed by atoms with van der Waals surface area (Å²) in [5.74, 6) is -0.188. The molecule has 4 nitrogen and oxygen atoms in total. The SMILES string of the molecule is C[C@H](NC(=O)c1sc2nc(-c3ccccc3)cc(-c3ccccc3)c2c1N)c1ccccc1. The molecule has 5 heteroatoms. The molecule has 3 aromatic carbocycles. The quantitative estimate of drug-likeness (QED) is 0.314. The lowest BCUT2D eigenvalue weighted by Gasteiger charge is -2.13. The zero-order valence-corrected chi connectivity index (χ0v) is 19.0. The number of carbonyl (C=O) groups is 1. The van der Waals surface area contributed by atoms with Crippen molar-refractivity contribution in [3.8, 4) is 22.4 Å². The fourth-order valence-corrected chi connectivity index (χ4v) is 5.00. The van der Waals surface area contributed by atoms with E-state index < -0.39 is 0 Å². The zero-order valence-electron chi connectivity index (χ0n) is 18.2. The smallest absolute Gasteiger partial charge is 0.264 e. The van der Waals surface area contributed by atoms with Gasteiger partial charge in [-0.2, -0.15) is 0 Å². The summed E-state index contributed by atoms with van der Waals surface area (Å²) < 4.78 is 0. The Morgan fingerprint density at radius 2 is 1.45 bits per heavy atom. The molecule has 0 fully saturated rings. The third kappa shape index (κ3) is 4.11. The number of carbonyl (C=O) groups excluding carboxylic acids is 1. The van der Waals surface area contributed by atoms with Crippen molar-refractivity contribution in [2.75, 3.05) is 5.73 Å². The van der Waals surface area contributed by atoms with E-state index >= 15 is 0 Å². The second kappa shape index (κ2) is 8.88. The molecule has 0 aliphatic rings. The van der Waals surface area contributed by atoms with Gasteiger partial charge >= 0.3 is 0 Å². The highest BCUT2D eigenvalue weighted by Crippen LogP contribution is 2.41. The average Bonchev–Trinajstić information content (AvgIpc) is 3.21. The molecule has 0 saturated carbocycles. The highest BCUT2D eigenvalue weighted by atomic mass is 32.1. The lowest BCUT2D eigenvalue weighted by molar-refractivity contribution is 0.0945. The van der Waals surface area contributed by atoms with Crippen molar-refractivity contribution >= 4 is 33.1 Å². The first-order valence-corrected chi connectivity index (χ1v) is 11.6. The van der Waals surface area contributed by atoms with Gasteiger partial charge in [0.2, 0.25) is 0 Å². The van der Waals surface area contributed by atoms with E-state index in [0.29, 0.717) is 10.6 Å². The maximum Gasteiger partial charge on any atom is 0.264 e. The van der Waals surface area contributed by atoms with Gasteiger partial charge < -0.3 is 11.1 Å². The number of nitrogen functional groups attached to an aromatic ring is 1. The lowest BCUT2D eigenvalue weighted by atomic mass is 9.99. The number of thiophene rings is 1. The molecule has 1 amide bonds. The van der Waals surface area contributed by atoms with Crippen molar-refractivity contribution in [2.45, 2.75) is 13.0 Å². The van der Waals surface area contributed by atoms with Crippen LogP contribution in [0.2, 0.25) is 0 Å². The number of nitrogens with zero attached hydrogens (tertiary/aromatic N) is 1. The molecule has 0 unspecified atom stereocenters. The van der Waals surface area contributed by atoms with Gasteiger partial charge in [0.25, 0.3) is 5.91 Å². The van der Waals surface area contributed by atoms with Crippen LogP contribution in [0, 0.1) is 0 Å². The summed E-state index contributed by atoms with van der Waals surface area (Å²) in [5.41, 5.74) is 12.0. The van der Waals surface area contributed by atoms with E-state index in [1.54, 1.807) is 0 Å². The first kappa shape index (κ1) is 20.9. The van der Waals surface area contributed by atoms with Crippen LogP contribution in [0.25, 0.3) is 32.6 Å². The number of nitrogens with one attached hydrogen (secondary N) is 1. The summed E-state index contributed by atoms with van der Waals surface area (Å²) in [4.78, 5) is 19.3. The van der Waals surface area contributed by atoms with Crippen molar-refractivity contribution in [1.29, 1.82) is 0 Å². The maximum absolute atomic E-state index is 13.2. The number of rotatable bonds is 5. The van der Waals surface area contributed by atoms with Crippen molar-refractivity contribution < 1.29 is 4.79 Å². The van der Waals surface area contributed by atoms with Crippen LogP contribution in [0.4, 0.5) is 5.69 Å². The van der Waals surface area contributed by atoms with Gasteiger partial charge in [0.05, 0.1) is 17.4 Å². The van der Waals surface area contributed by atoms with E-state index in [9.17, 15) is 4.79 Å². The largest absolute Gasteiger partial charge is 0.397 e. The maximum atomic E-state index is 13.2. The van der Waals surface area contributed by atoms with Gasteiger partial charge in [0.15, 0.2) is 0 Å². The minimum absolute atomic E-state index is 0.134. The number of benzene rings is 3. The predicted molar refractivity (Wildman–Crippen MR) is 137 cm³/mol. The molecular weight excluding hydrogens is 426 g/mol. The molecule has 0 aliphatic heterocycles. The van der Waals surface area contributed by atoms with Crippen molar-refractivity contribution in [3.63, 3.8) is 0 Å². The monoisotopic (exact) mass is 449 g/mol. The number of hydrogen-bond donors (Lipinski definition) is 2. The molecule has 0 bridgehead atoms. The predicted octanol–water partition coefficient (Wildman–Crippen LogP) is 6.70. The van der Waals surface area contributed by atoms with Gasteiger partial charge in [-0.1, -0.05) is 91.0 Å². The highest BCUT2D eigenvalue weighted by Gasteiger charge is 2.22. The van der Waals surface area contributed by atoms with Crippen LogP contribution in [0.15, 0.2) is 97.1 Å². The molecule has 162 valence electrons. The Balaban J connectivity index is 1.62. The van der Waals surface area contributed by atoms with Crippen molar-refractivity contribution in [2.24, 2.45) is 0 Å². The first-order chi connectivity index (χ1) is 16.1. The standard InChI is InChI=1S/C28H23N3OS/c1-18(19-11-5-2-6-12-19)30-27(32)26-25(29)24-22(20-13-7-3-8-14-20)17-23(31-28(24)33-26)21-15-9-4-10-16-21/h2-18H,29H2,1H3,(H,30,32)/t18-/m0/s1. The fraction of sp³-hybridized carbons (Fsp3) is 0.0714. The molecule has 3 N–H and O–H groups in total. The van der Waals surface area contributed by atoms with E-state index in [1.165, 1.54) is 11.3 Å². The Kier molecular flexibility index (Phi) is 5.63. The van der Waals surface area contributed by atoms with Gasteiger partial charge in [0, 0.05) is 10.9 Å². The summed E-state index contributed by atoms with van der Waals surface area (Å²) >= 11 is 1.34. The van der Waals surface area contributed by atoms with Gasteiger partial charge in [-0.15, -0.1) is 11.3 Å². The summed E-state index contributed by atoms with van der Waals surface area (Å²) in [6.07, 6.45) is 0. The third-order valence-corrected chi connectivity index (χ3v) is 6.80. The van der Waals surface area contributed by atoms with Crippen LogP contribution < -0.4 is 11.1 Å². The number of amides is 1. The molecule has 1 atom stereocenters. The van der Waals surface area contributed by atoms with Crippen LogP contribution >= 0.6 is 11.3 Å². The van der Waals surface area contributed by atoms with Crippen molar-refractivity contribution in [1.82, 2.24) is 10.3 Å². The molecular formula is C28H23N3OS. The van der Waals surface area contributed by atoms with Gasteiger partial charge in [-0.3, -0.25) is 4.79 Å². The zero-order chi connectivity index (χ0) is 22.8. The number of aromatic nitrogens is 1. The molecule has 5 aromatic rings. The molecule has 5 rings (SSSR count). The Morgan fingerprint density at radius 3 is 2.09 bits per heavy atom. The van der Waals surface area contributed by atoms with E-state index in [4.69, 9.17) is 10.7 Å². The number of hydrogen-bond acceptors (Lipinski definition) is 4. The van der Waals surface area contributed by atoms with Gasteiger partial charge in [-0.25, -0.2) is 4.98 Å². The van der Waals surface area contributed by atoms with E-state index in [2.05, 4.69) is 23.5 Å². The first-order valence-electron chi connectivity index (χ1n) is 10.8. The Hall–Kier alpha value is -3.96. The summed E-state index contributed by atoms with van der Waals surface area (Å²) in [7, 11) is 0. The minimum Gasteiger partial charge on any atom is -0.397 e. The lowest BCUT2D eigenvalue weighted by Crippen LogP contribution is -2.26. The second-order valence-corrected chi connectivity index (χ2v) is 8.92. The topological polar surface area (TPSA) is 68.0 Å². The molecule has 0 saturated heterocycles. The Morgan fingerprint density at radius 1 is 0.879 bits per heavy atom. The van der Waals surface area contributed by atoms with E-state index in [-0.39, 0.29) is 11.9 Å².